The summed E-state index contributed by atoms with van der Waals surface area (Å²) in [5.74, 6) is -0.259. The second-order valence-electron chi connectivity index (χ2n) is 4.07. The number of carbonyl (C=O) groups excluding carboxylic acids is 1. The number of hydrogen-bond acceptors (Lipinski definition) is 2. The first-order valence-electron chi connectivity index (χ1n) is 5.52. The largest absolute Gasteiger partial charge is 0.461 e. The van der Waals surface area contributed by atoms with E-state index in [0.717, 1.165) is 17.7 Å². The van der Waals surface area contributed by atoms with Crippen LogP contribution in [-0.4, -0.2) is 13.1 Å². The van der Waals surface area contributed by atoms with Crippen LogP contribution in [0.25, 0.3) is 0 Å². The van der Waals surface area contributed by atoms with Crippen molar-refractivity contribution < 1.29 is 14.1 Å². The molecular formula is C13H20NO2+. The zero-order valence-corrected chi connectivity index (χ0v) is 11.0. The fourth-order valence-corrected chi connectivity index (χ4v) is 2.09. The number of methoxy groups -OCH3 is 1. The average Bonchev–Trinajstić information content (AvgIpc) is 2.29. The molecular weight excluding hydrogens is 202 g/mol. The van der Waals surface area contributed by atoms with E-state index in [-0.39, 0.29) is 5.97 Å². The van der Waals surface area contributed by atoms with Crippen molar-refractivity contribution in [2.24, 2.45) is 7.05 Å². The molecule has 0 radical (unpaired) electrons. The lowest BCUT2D eigenvalue weighted by Crippen LogP contribution is -2.42. The molecule has 0 amide bonds. The first kappa shape index (κ1) is 12.7. The van der Waals surface area contributed by atoms with Crippen LogP contribution >= 0.6 is 0 Å². The van der Waals surface area contributed by atoms with Crippen LogP contribution in [0.15, 0.2) is 0 Å². The summed E-state index contributed by atoms with van der Waals surface area (Å²) in [5.41, 5.74) is 5.30. The van der Waals surface area contributed by atoms with E-state index in [9.17, 15) is 4.79 Å². The van der Waals surface area contributed by atoms with E-state index in [0.29, 0.717) is 5.69 Å². The minimum absolute atomic E-state index is 0.259. The van der Waals surface area contributed by atoms with Gasteiger partial charge in [-0.2, -0.15) is 4.57 Å². The predicted octanol–water partition coefficient (Wildman–Crippen LogP) is 1.79. The third-order valence-corrected chi connectivity index (χ3v) is 3.41. The van der Waals surface area contributed by atoms with Gasteiger partial charge in [0, 0.05) is 18.1 Å². The number of aromatic nitrogens is 1. The lowest BCUT2D eigenvalue weighted by Gasteiger charge is -2.12. The van der Waals surface area contributed by atoms with Crippen molar-refractivity contribution in [3.63, 3.8) is 0 Å². The standard InChI is InChI=1S/C13H20NO2/c1-7-11-9(3)8(2)10(4)14(5)12(11)13(15)16-6/h7H2,1-6H3/q+1. The van der Waals surface area contributed by atoms with Gasteiger partial charge in [0.2, 0.25) is 0 Å². The van der Waals surface area contributed by atoms with E-state index in [1.165, 1.54) is 18.2 Å². The summed E-state index contributed by atoms with van der Waals surface area (Å²) in [5, 5.41) is 0. The average molecular weight is 222 g/mol. The van der Waals surface area contributed by atoms with Crippen LogP contribution in [0.4, 0.5) is 0 Å². The van der Waals surface area contributed by atoms with Gasteiger partial charge < -0.3 is 4.74 Å². The number of pyridine rings is 1. The van der Waals surface area contributed by atoms with E-state index >= 15 is 0 Å². The Morgan fingerprint density at radius 1 is 1.25 bits per heavy atom. The Morgan fingerprint density at radius 3 is 2.25 bits per heavy atom. The molecule has 0 bridgehead atoms. The highest BCUT2D eigenvalue weighted by Crippen LogP contribution is 2.18. The number of esters is 1. The number of rotatable bonds is 2. The highest BCUT2D eigenvalue weighted by molar-refractivity contribution is 5.87. The predicted molar refractivity (Wildman–Crippen MR) is 62.5 cm³/mol. The van der Waals surface area contributed by atoms with Gasteiger partial charge in [-0.05, 0) is 25.8 Å². The van der Waals surface area contributed by atoms with Crippen LogP contribution in [-0.2, 0) is 18.2 Å². The molecule has 3 nitrogen and oxygen atoms in total. The smallest absolute Gasteiger partial charge is 0.403 e. The van der Waals surface area contributed by atoms with Gasteiger partial charge in [0.25, 0.3) is 5.69 Å². The van der Waals surface area contributed by atoms with Crippen molar-refractivity contribution >= 4 is 5.97 Å². The van der Waals surface area contributed by atoms with E-state index < -0.39 is 0 Å². The molecule has 0 saturated carbocycles. The van der Waals surface area contributed by atoms with Crippen LogP contribution < -0.4 is 4.57 Å². The third-order valence-electron chi connectivity index (χ3n) is 3.41. The van der Waals surface area contributed by atoms with Crippen molar-refractivity contribution in [1.82, 2.24) is 0 Å². The molecule has 0 aromatic carbocycles. The zero-order chi connectivity index (χ0) is 12.5. The van der Waals surface area contributed by atoms with E-state index in [4.69, 9.17) is 4.74 Å². The molecule has 88 valence electrons. The molecule has 0 N–H and O–H groups in total. The Balaban J connectivity index is 3.64. The molecule has 0 aliphatic heterocycles. The van der Waals surface area contributed by atoms with E-state index in [1.807, 2.05) is 18.5 Å². The van der Waals surface area contributed by atoms with Crippen molar-refractivity contribution in [2.45, 2.75) is 34.1 Å². The van der Waals surface area contributed by atoms with Crippen molar-refractivity contribution in [2.75, 3.05) is 7.11 Å². The van der Waals surface area contributed by atoms with Gasteiger partial charge >= 0.3 is 5.97 Å². The number of carbonyl (C=O) groups is 1. The molecule has 0 spiro atoms. The number of ether oxygens (including phenoxy) is 1. The maximum Gasteiger partial charge on any atom is 0.403 e. The van der Waals surface area contributed by atoms with Gasteiger partial charge in [-0.25, -0.2) is 4.79 Å². The number of hydrogen-bond donors (Lipinski definition) is 0. The third kappa shape index (κ3) is 1.82. The van der Waals surface area contributed by atoms with E-state index in [1.54, 1.807) is 0 Å². The summed E-state index contributed by atoms with van der Waals surface area (Å²) in [6, 6.07) is 0. The minimum atomic E-state index is -0.259. The van der Waals surface area contributed by atoms with Crippen LogP contribution in [0.1, 0.15) is 39.8 Å². The second kappa shape index (κ2) is 4.64. The topological polar surface area (TPSA) is 30.2 Å². The molecule has 3 heteroatoms. The van der Waals surface area contributed by atoms with Gasteiger partial charge in [0.05, 0.1) is 7.11 Å². The summed E-state index contributed by atoms with van der Waals surface area (Å²) in [4.78, 5) is 11.8. The van der Waals surface area contributed by atoms with Crippen molar-refractivity contribution in [3.05, 3.63) is 28.1 Å². The Bertz CT molecular complexity index is 436. The van der Waals surface area contributed by atoms with Gasteiger partial charge in [-0.3, -0.25) is 0 Å². The molecule has 1 heterocycles. The zero-order valence-electron chi connectivity index (χ0n) is 11.0. The first-order valence-corrected chi connectivity index (χ1v) is 5.52. The van der Waals surface area contributed by atoms with Crippen molar-refractivity contribution in [1.29, 1.82) is 0 Å². The lowest BCUT2D eigenvalue weighted by atomic mass is 9.98. The highest BCUT2D eigenvalue weighted by Gasteiger charge is 2.27. The molecule has 0 saturated heterocycles. The molecule has 0 unspecified atom stereocenters. The second-order valence-corrected chi connectivity index (χ2v) is 4.07. The van der Waals surface area contributed by atoms with Gasteiger partial charge in [-0.1, -0.05) is 6.92 Å². The minimum Gasteiger partial charge on any atom is -0.461 e. The molecule has 1 aromatic heterocycles. The monoisotopic (exact) mass is 222 g/mol. The normalized spacial score (nSPS) is 10.4. The van der Waals surface area contributed by atoms with Gasteiger partial charge in [0.1, 0.15) is 7.05 Å². The quantitative estimate of drug-likeness (QED) is 0.564. The van der Waals surface area contributed by atoms with Gasteiger partial charge in [0.15, 0.2) is 5.69 Å². The first-order chi connectivity index (χ1) is 7.45. The Labute approximate surface area is 97.1 Å². The maximum atomic E-state index is 11.8. The van der Waals surface area contributed by atoms with Gasteiger partial charge in [-0.15, -0.1) is 0 Å². The maximum absolute atomic E-state index is 11.8. The van der Waals surface area contributed by atoms with Crippen molar-refractivity contribution in [3.8, 4) is 0 Å². The lowest BCUT2D eigenvalue weighted by molar-refractivity contribution is -0.680. The van der Waals surface area contributed by atoms with E-state index in [2.05, 4.69) is 20.8 Å². The summed E-state index contributed by atoms with van der Waals surface area (Å²) >= 11 is 0. The van der Waals surface area contributed by atoms with Crippen LogP contribution in [0.2, 0.25) is 0 Å². The Hall–Kier alpha value is -1.38. The Morgan fingerprint density at radius 2 is 1.81 bits per heavy atom. The molecule has 1 rings (SSSR count). The molecule has 0 aliphatic carbocycles. The van der Waals surface area contributed by atoms with Crippen LogP contribution in [0.3, 0.4) is 0 Å². The number of nitrogens with zero attached hydrogens (tertiary/aromatic N) is 1. The molecule has 0 aliphatic rings. The SMILES string of the molecule is CCc1c(C)c(C)c(C)[n+](C)c1C(=O)OC. The molecule has 0 fully saturated rings. The highest BCUT2D eigenvalue weighted by atomic mass is 16.5. The summed E-state index contributed by atoms with van der Waals surface area (Å²) in [6.45, 7) is 8.23. The van der Waals surface area contributed by atoms with Crippen LogP contribution in [0, 0.1) is 20.8 Å². The Kier molecular flexibility index (Phi) is 3.68. The summed E-state index contributed by atoms with van der Waals surface area (Å²) in [7, 11) is 3.33. The molecule has 16 heavy (non-hydrogen) atoms. The summed E-state index contributed by atoms with van der Waals surface area (Å²) in [6.07, 6.45) is 0.839. The fourth-order valence-electron chi connectivity index (χ4n) is 2.09. The fraction of sp³-hybridized carbons (Fsp3) is 0.538. The molecule has 1 aromatic rings. The summed E-state index contributed by atoms with van der Waals surface area (Å²) < 4.78 is 6.77. The van der Waals surface area contributed by atoms with Crippen LogP contribution in [0.5, 0.6) is 0 Å². The molecule has 0 atom stereocenters.